The molecule has 0 aromatic rings. The Kier molecular flexibility index (Phi) is 27.3. The fraction of sp³-hybridized carbons (Fsp3) is 0.818. The molecule has 0 bridgehead atoms. The van der Waals surface area contributed by atoms with Gasteiger partial charge in [0.25, 0.3) is 0 Å². The van der Waals surface area contributed by atoms with Gasteiger partial charge < -0.3 is 25.1 Å². The van der Waals surface area contributed by atoms with Crippen LogP contribution in [0.5, 0.6) is 0 Å². The molecule has 2 N–H and O–H groups in total. The zero-order valence-electron chi connectivity index (χ0n) is 18.2. The fourth-order valence-corrected chi connectivity index (χ4v) is 3.09. The zero-order valence-corrected chi connectivity index (χ0v) is 20.0. The predicted octanol–water partition coefficient (Wildman–Crippen LogP) is 7.15. The molecule has 1 atom stereocenters. The maximum atomic E-state index is 9.15. The second-order valence-electron chi connectivity index (χ2n) is 7.78. The molecular formula is C22H46O2Sc-2. The molecule has 0 aromatic heterocycles. The van der Waals surface area contributed by atoms with Crippen molar-refractivity contribution in [1.29, 1.82) is 0 Å². The number of aliphatic hydroxyl groups excluding tert-OH is 2. The molecule has 1 unspecified atom stereocenters. The van der Waals surface area contributed by atoms with Crippen molar-refractivity contribution >= 4 is 0 Å². The Labute approximate surface area is 178 Å². The van der Waals surface area contributed by atoms with E-state index >= 15 is 0 Å². The third-order valence-electron chi connectivity index (χ3n) is 4.43. The number of aliphatic hydroxyl groups is 2. The normalized spacial score (nSPS) is 18.6. The van der Waals surface area contributed by atoms with Crippen LogP contribution >= 0.6 is 0 Å². The van der Waals surface area contributed by atoms with Crippen LogP contribution in [-0.4, -0.2) is 16.3 Å². The van der Waals surface area contributed by atoms with Gasteiger partial charge in [0.15, 0.2) is 0 Å². The van der Waals surface area contributed by atoms with E-state index in [0.717, 1.165) is 11.8 Å². The maximum absolute atomic E-state index is 9.15. The van der Waals surface area contributed by atoms with E-state index in [1.807, 2.05) is 13.8 Å². The molecule has 2 aliphatic rings. The number of hydrogen-bond donors (Lipinski definition) is 2. The first-order valence-electron chi connectivity index (χ1n) is 9.36. The van der Waals surface area contributed by atoms with Gasteiger partial charge in [-0.15, -0.1) is 0 Å². The van der Waals surface area contributed by atoms with Crippen LogP contribution in [-0.2, 0) is 25.8 Å². The van der Waals surface area contributed by atoms with Crippen molar-refractivity contribution in [2.75, 3.05) is 0 Å². The Morgan fingerprint density at radius 1 is 0.920 bits per heavy atom. The van der Waals surface area contributed by atoms with Crippen LogP contribution in [0.1, 0.15) is 92.4 Å². The first-order valence-corrected chi connectivity index (χ1v) is 9.36. The van der Waals surface area contributed by atoms with E-state index < -0.39 is 6.10 Å². The van der Waals surface area contributed by atoms with Crippen LogP contribution in [0, 0.1) is 32.6 Å². The summed E-state index contributed by atoms with van der Waals surface area (Å²) in [6.07, 6.45) is 13.6. The Bertz CT molecular complexity index is 260. The molecule has 0 amide bonds. The minimum atomic E-state index is -0.495. The topological polar surface area (TPSA) is 40.5 Å². The molecular weight excluding hydrogens is 341 g/mol. The first kappa shape index (κ1) is 33.0. The molecule has 0 spiro atoms. The molecule has 1 radical (unpaired) electrons. The second-order valence-corrected chi connectivity index (χ2v) is 7.78. The summed E-state index contributed by atoms with van der Waals surface area (Å²) in [6.45, 7) is 10.3. The summed E-state index contributed by atoms with van der Waals surface area (Å²) in [5.74, 6) is 2.74. The van der Waals surface area contributed by atoms with E-state index in [9.17, 15) is 0 Å². The van der Waals surface area contributed by atoms with Crippen molar-refractivity contribution in [3.8, 4) is 0 Å². The van der Waals surface area contributed by atoms with Crippen LogP contribution < -0.4 is 0 Å². The van der Waals surface area contributed by atoms with Crippen molar-refractivity contribution in [3.63, 3.8) is 0 Å². The summed E-state index contributed by atoms with van der Waals surface area (Å²) in [5, 5.41) is 17.9. The molecule has 2 saturated carbocycles. The van der Waals surface area contributed by atoms with E-state index in [1.54, 1.807) is 6.92 Å². The molecule has 2 aliphatic carbocycles. The molecule has 2 fully saturated rings. The Morgan fingerprint density at radius 2 is 1.24 bits per heavy atom. The fourth-order valence-electron chi connectivity index (χ4n) is 3.09. The summed E-state index contributed by atoms with van der Waals surface area (Å²) in [5.41, 5.74) is 0. The molecule has 2 rings (SSSR count). The van der Waals surface area contributed by atoms with E-state index in [2.05, 4.69) is 13.8 Å². The van der Waals surface area contributed by atoms with Gasteiger partial charge >= 0.3 is 0 Å². The van der Waals surface area contributed by atoms with Crippen molar-refractivity contribution in [3.05, 3.63) is 26.7 Å². The largest absolute Gasteiger partial charge is 0.513 e. The van der Waals surface area contributed by atoms with E-state index in [1.165, 1.54) is 57.4 Å². The van der Waals surface area contributed by atoms with Gasteiger partial charge in [0.05, 0.1) is 11.9 Å². The summed E-state index contributed by atoms with van der Waals surface area (Å²) < 4.78 is 0. The quantitative estimate of drug-likeness (QED) is 0.399. The van der Waals surface area contributed by atoms with Crippen LogP contribution in [0.2, 0.25) is 0 Å². The summed E-state index contributed by atoms with van der Waals surface area (Å²) in [6, 6.07) is 0. The molecule has 0 aromatic carbocycles. The van der Waals surface area contributed by atoms with Crippen LogP contribution in [0.15, 0.2) is 11.8 Å². The molecule has 0 heterocycles. The van der Waals surface area contributed by atoms with Gasteiger partial charge in [-0.2, -0.15) is 0 Å². The Balaban J connectivity index is -0.000000129. The Hall–Kier alpha value is 0.370. The van der Waals surface area contributed by atoms with Gasteiger partial charge in [0.2, 0.25) is 0 Å². The second kappa shape index (κ2) is 20.7. The Morgan fingerprint density at radius 3 is 1.40 bits per heavy atom. The van der Waals surface area contributed by atoms with Crippen LogP contribution in [0.25, 0.3) is 0 Å². The minimum Gasteiger partial charge on any atom is -0.513 e. The van der Waals surface area contributed by atoms with Crippen molar-refractivity contribution < 1.29 is 36.1 Å². The van der Waals surface area contributed by atoms with Gasteiger partial charge in [-0.25, -0.2) is 0 Å². The van der Waals surface area contributed by atoms with Gasteiger partial charge in [-0.3, -0.25) is 0 Å². The zero-order chi connectivity index (χ0) is 17.0. The maximum Gasteiger partial charge on any atom is 0.0877 e. The summed E-state index contributed by atoms with van der Waals surface area (Å²) in [4.78, 5) is 0. The average molecular weight is 388 g/mol. The van der Waals surface area contributed by atoms with E-state index in [-0.39, 0.29) is 46.5 Å². The van der Waals surface area contributed by atoms with Crippen LogP contribution in [0.3, 0.4) is 0 Å². The number of rotatable bonds is 3. The SMILES string of the molecule is CC(O)=CC(O)CC(C)C.CC1CCCC1.CC1CCCC1.[CH3-].[CH3-].[Sc]. The smallest absolute Gasteiger partial charge is 0.0877 e. The van der Waals surface area contributed by atoms with Crippen LogP contribution in [0.4, 0.5) is 0 Å². The number of hydrogen-bond acceptors (Lipinski definition) is 2. The van der Waals surface area contributed by atoms with E-state index in [0.29, 0.717) is 12.3 Å². The predicted molar refractivity (Wildman–Crippen MR) is 110 cm³/mol. The van der Waals surface area contributed by atoms with Gasteiger partial charge in [-0.05, 0) is 37.2 Å². The van der Waals surface area contributed by atoms with E-state index in [4.69, 9.17) is 10.2 Å². The van der Waals surface area contributed by atoms with Crippen molar-refractivity contribution in [2.24, 2.45) is 17.8 Å². The van der Waals surface area contributed by atoms with Crippen molar-refractivity contribution in [2.45, 2.75) is 98.5 Å². The molecule has 2 nitrogen and oxygen atoms in total. The third-order valence-corrected chi connectivity index (χ3v) is 4.43. The standard InChI is InChI=1S/C8H16O2.2C6H12.2CH3.Sc/c1-6(2)4-8(10)5-7(3)9;2*1-6-4-2-3-5-6;;;/h5-6,8-10H,4H2,1-3H3;2*6H,2-5H2,1H3;2*1H3;/q;;;2*-1;. The molecule has 0 saturated heterocycles. The molecule has 0 aliphatic heterocycles. The molecule has 25 heavy (non-hydrogen) atoms. The minimum absolute atomic E-state index is 0. The average Bonchev–Trinajstić information content (AvgIpc) is 3.02. The van der Waals surface area contributed by atoms with Gasteiger partial charge in [0, 0.05) is 25.8 Å². The number of allylic oxidation sites excluding steroid dienone is 1. The van der Waals surface area contributed by atoms with Crippen molar-refractivity contribution in [1.82, 2.24) is 0 Å². The molecule has 3 heteroatoms. The summed E-state index contributed by atoms with van der Waals surface area (Å²) >= 11 is 0. The monoisotopic (exact) mass is 387 g/mol. The summed E-state index contributed by atoms with van der Waals surface area (Å²) in [7, 11) is 0. The third kappa shape index (κ3) is 24.4. The van der Waals surface area contributed by atoms with Gasteiger partial charge in [0.1, 0.15) is 0 Å². The van der Waals surface area contributed by atoms with Gasteiger partial charge in [-0.1, -0.05) is 79.1 Å². The molecule has 151 valence electrons. The first-order chi connectivity index (χ1) is 10.3.